The lowest BCUT2D eigenvalue weighted by Crippen LogP contribution is -2.46. The van der Waals surface area contributed by atoms with Crippen LogP contribution in [0.15, 0.2) is 11.6 Å². The van der Waals surface area contributed by atoms with Crippen molar-refractivity contribution in [2.45, 2.75) is 31.4 Å². The molecular formula is C12H16BrN3OS. The van der Waals surface area contributed by atoms with Crippen LogP contribution in [-0.4, -0.2) is 34.7 Å². The van der Waals surface area contributed by atoms with Crippen molar-refractivity contribution in [1.82, 2.24) is 9.38 Å². The zero-order valence-electron chi connectivity index (χ0n) is 10.5. The Balaban J connectivity index is 1.99. The van der Waals surface area contributed by atoms with Crippen molar-refractivity contribution >= 4 is 38.0 Å². The molecule has 6 heteroatoms. The smallest absolute Gasteiger partial charge is 0.195 e. The van der Waals surface area contributed by atoms with Gasteiger partial charge in [0, 0.05) is 30.0 Å². The van der Waals surface area contributed by atoms with Crippen molar-refractivity contribution in [2.24, 2.45) is 0 Å². The van der Waals surface area contributed by atoms with Crippen molar-refractivity contribution in [3.8, 4) is 0 Å². The number of imidazole rings is 1. The third-order valence-corrected chi connectivity index (χ3v) is 4.47. The van der Waals surface area contributed by atoms with E-state index in [4.69, 9.17) is 9.72 Å². The van der Waals surface area contributed by atoms with Gasteiger partial charge in [0.1, 0.15) is 0 Å². The molecule has 1 aliphatic heterocycles. The summed E-state index contributed by atoms with van der Waals surface area (Å²) in [6, 6.07) is 0. The van der Waals surface area contributed by atoms with E-state index >= 15 is 0 Å². The zero-order valence-corrected chi connectivity index (χ0v) is 12.9. The predicted molar refractivity (Wildman–Crippen MR) is 77.9 cm³/mol. The molecule has 0 bridgehead atoms. The van der Waals surface area contributed by atoms with E-state index in [2.05, 4.69) is 50.7 Å². The summed E-state index contributed by atoms with van der Waals surface area (Å²) in [4.78, 5) is 8.16. The van der Waals surface area contributed by atoms with Crippen LogP contribution in [-0.2, 0) is 10.1 Å². The number of morpholine rings is 1. The molecule has 2 atom stereocenters. The average Bonchev–Trinajstić information content (AvgIpc) is 2.86. The highest BCUT2D eigenvalue weighted by molar-refractivity contribution is 9.08. The van der Waals surface area contributed by atoms with Crippen LogP contribution in [0.4, 0.5) is 5.82 Å². The van der Waals surface area contributed by atoms with Crippen molar-refractivity contribution < 1.29 is 4.74 Å². The molecule has 0 radical (unpaired) electrons. The van der Waals surface area contributed by atoms with Gasteiger partial charge >= 0.3 is 0 Å². The number of nitrogens with zero attached hydrogens (tertiary/aromatic N) is 3. The Morgan fingerprint density at radius 3 is 2.83 bits per heavy atom. The van der Waals surface area contributed by atoms with Crippen LogP contribution in [0.3, 0.4) is 0 Å². The van der Waals surface area contributed by atoms with Gasteiger partial charge in [-0.3, -0.25) is 4.40 Å². The largest absolute Gasteiger partial charge is 0.372 e. The molecular weight excluding hydrogens is 314 g/mol. The Morgan fingerprint density at radius 2 is 2.17 bits per heavy atom. The normalized spacial score (nSPS) is 24.9. The summed E-state index contributed by atoms with van der Waals surface area (Å²) in [6.45, 7) is 6.06. The number of hydrogen-bond donors (Lipinski definition) is 0. The number of alkyl halides is 1. The summed E-state index contributed by atoms with van der Waals surface area (Å²) in [5, 5.41) is 2.89. The van der Waals surface area contributed by atoms with Crippen LogP contribution in [0.5, 0.6) is 0 Å². The van der Waals surface area contributed by atoms with Crippen LogP contribution in [0.25, 0.3) is 4.96 Å². The minimum atomic E-state index is 0.261. The molecule has 1 saturated heterocycles. The molecule has 2 aromatic rings. The van der Waals surface area contributed by atoms with Crippen LogP contribution < -0.4 is 4.90 Å². The van der Waals surface area contributed by atoms with Gasteiger partial charge in [-0.1, -0.05) is 15.9 Å². The summed E-state index contributed by atoms with van der Waals surface area (Å²) in [6.07, 6.45) is 2.61. The second-order valence-electron chi connectivity index (χ2n) is 4.73. The number of thiazole rings is 1. The SMILES string of the molecule is C[C@@H]1CN(c2nc3sccn3c2CBr)C[C@H](C)O1. The van der Waals surface area contributed by atoms with Gasteiger partial charge < -0.3 is 9.64 Å². The fourth-order valence-electron chi connectivity index (χ4n) is 2.55. The van der Waals surface area contributed by atoms with E-state index in [1.807, 2.05) is 0 Å². The lowest BCUT2D eigenvalue weighted by Gasteiger charge is -2.35. The van der Waals surface area contributed by atoms with E-state index in [9.17, 15) is 0 Å². The highest BCUT2D eigenvalue weighted by atomic mass is 79.9. The van der Waals surface area contributed by atoms with Gasteiger partial charge in [0.25, 0.3) is 0 Å². The first kappa shape index (κ1) is 12.4. The summed E-state index contributed by atoms with van der Waals surface area (Å²) in [7, 11) is 0. The molecule has 1 fully saturated rings. The number of fused-ring (bicyclic) bond motifs is 1. The summed E-state index contributed by atoms with van der Waals surface area (Å²) in [5.74, 6) is 1.10. The molecule has 2 aromatic heterocycles. The Bertz CT molecular complexity index is 543. The van der Waals surface area contributed by atoms with E-state index in [0.29, 0.717) is 0 Å². The number of halogens is 1. The van der Waals surface area contributed by atoms with E-state index in [0.717, 1.165) is 29.2 Å². The second-order valence-corrected chi connectivity index (χ2v) is 6.17. The fourth-order valence-corrected chi connectivity index (χ4v) is 3.80. The topological polar surface area (TPSA) is 29.8 Å². The number of aromatic nitrogens is 2. The van der Waals surface area contributed by atoms with Gasteiger partial charge in [-0.15, -0.1) is 11.3 Å². The number of rotatable bonds is 2. The van der Waals surface area contributed by atoms with Gasteiger partial charge in [-0.05, 0) is 13.8 Å². The van der Waals surface area contributed by atoms with E-state index in [1.54, 1.807) is 11.3 Å². The van der Waals surface area contributed by atoms with Crippen molar-refractivity contribution in [1.29, 1.82) is 0 Å². The average molecular weight is 330 g/mol. The molecule has 0 N–H and O–H groups in total. The number of anilines is 1. The second kappa shape index (κ2) is 4.83. The third-order valence-electron chi connectivity index (χ3n) is 3.19. The fraction of sp³-hybridized carbons (Fsp3) is 0.583. The van der Waals surface area contributed by atoms with Crippen LogP contribution in [0, 0.1) is 0 Å². The maximum atomic E-state index is 5.78. The van der Waals surface area contributed by atoms with Crippen LogP contribution in [0.1, 0.15) is 19.5 Å². The first-order valence-electron chi connectivity index (χ1n) is 6.10. The number of ether oxygens (including phenoxy) is 1. The number of hydrogen-bond acceptors (Lipinski definition) is 4. The maximum absolute atomic E-state index is 5.78. The predicted octanol–water partition coefficient (Wildman–Crippen LogP) is 2.90. The summed E-state index contributed by atoms with van der Waals surface area (Å²) >= 11 is 5.25. The highest BCUT2D eigenvalue weighted by Gasteiger charge is 2.26. The van der Waals surface area contributed by atoms with E-state index in [-0.39, 0.29) is 12.2 Å². The molecule has 4 nitrogen and oxygen atoms in total. The van der Waals surface area contributed by atoms with Crippen molar-refractivity contribution in [3.63, 3.8) is 0 Å². The van der Waals surface area contributed by atoms with Gasteiger partial charge in [0.2, 0.25) is 0 Å². The van der Waals surface area contributed by atoms with Crippen molar-refractivity contribution in [2.75, 3.05) is 18.0 Å². The lowest BCUT2D eigenvalue weighted by molar-refractivity contribution is -0.00546. The molecule has 0 aromatic carbocycles. The zero-order chi connectivity index (χ0) is 12.7. The van der Waals surface area contributed by atoms with Gasteiger partial charge in [-0.2, -0.15) is 0 Å². The third kappa shape index (κ3) is 2.06. The summed E-state index contributed by atoms with van der Waals surface area (Å²) in [5.41, 5.74) is 1.23. The molecule has 0 saturated carbocycles. The van der Waals surface area contributed by atoms with E-state index in [1.165, 1.54) is 5.69 Å². The quantitative estimate of drug-likeness (QED) is 0.793. The first-order valence-corrected chi connectivity index (χ1v) is 8.10. The molecule has 0 unspecified atom stereocenters. The van der Waals surface area contributed by atoms with Crippen LogP contribution >= 0.6 is 27.3 Å². The highest BCUT2D eigenvalue weighted by Crippen LogP contribution is 2.28. The molecule has 18 heavy (non-hydrogen) atoms. The molecule has 0 spiro atoms. The van der Waals surface area contributed by atoms with Gasteiger partial charge in [0.05, 0.1) is 17.9 Å². The Labute approximate surface area is 119 Å². The molecule has 0 amide bonds. The minimum absolute atomic E-state index is 0.261. The molecule has 1 aliphatic rings. The Morgan fingerprint density at radius 1 is 1.44 bits per heavy atom. The van der Waals surface area contributed by atoms with Crippen LogP contribution in [0.2, 0.25) is 0 Å². The molecule has 0 aliphatic carbocycles. The van der Waals surface area contributed by atoms with E-state index < -0.39 is 0 Å². The monoisotopic (exact) mass is 329 g/mol. The molecule has 3 heterocycles. The van der Waals surface area contributed by atoms with Crippen molar-refractivity contribution in [3.05, 3.63) is 17.3 Å². The minimum Gasteiger partial charge on any atom is -0.372 e. The van der Waals surface area contributed by atoms with Gasteiger partial charge in [0.15, 0.2) is 10.8 Å². The maximum Gasteiger partial charge on any atom is 0.195 e. The summed E-state index contributed by atoms with van der Waals surface area (Å²) < 4.78 is 7.95. The Hall–Kier alpha value is -0.590. The Kier molecular flexibility index (Phi) is 3.34. The molecule has 3 rings (SSSR count). The molecule has 98 valence electrons. The lowest BCUT2D eigenvalue weighted by atomic mass is 10.2. The van der Waals surface area contributed by atoms with Gasteiger partial charge in [-0.25, -0.2) is 4.98 Å². The first-order chi connectivity index (χ1) is 8.69. The standard InChI is InChI=1S/C12H16BrN3OS/c1-8-6-15(7-9(2)17-8)11-10(5-13)16-3-4-18-12(16)14-11/h3-4,8-9H,5-7H2,1-2H3/t8-,9+.